The Kier molecular flexibility index (Phi) is 16.8. The smallest absolute Gasteiger partial charge is 0.407 e. The Morgan fingerprint density at radius 1 is 0.827 bits per heavy atom. The van der Waals surface area contributed by atoms with Crippen LogP contribution in [-0.4, -0.2) is 83.2 Å². The van der Waals surface area contributed by atoms with Crippen LogP contribution in [0, 0.1) is 46.3 Å². The molecule has 4 aliphatic rings. The van der Waals surface area contributed by atoms with Crippen LogP contribution in [0.5, 0.6) is 0 Å². The number of hydrogen-bond acceptors (Lipinski definition) is 8. The van der Waals surface area contributed by atoms with Gasteiger partial charge in [0.05, 0.1) is 59.3 Å². The summed E-state index contributed by atoms with van der Waals surface area (Å²) in [6, 6.07) is 0. The molecule has 300 valence electrons. The average molecular weight is 734 g/mol. The Morgan fingerprint density at radius 3 is 2.13 bits per heavy atom. The Hall–Kier alpha value is -1.68. The number of allylic oxidation sites excluding steroid dienone is 1. The van der Waals surface area contributed by atoms with E-state index in [2.05, 4.69) is 46.0 Å². The summed E-state index contributed by atoms with van der Waals surface area (Å²) in [6.07, 6.45) is 16.4. The summed E-state index contributed by atoms with van der Waals surface area (Å²) in [6.45, 7) is 21.8. The van der Waals surface area contributed by atoms with E-state index in [-0.39, 0.29) is 23.9 Å². The molecule has 0 aromatic rings. The largest absolute Gasteiger partial charge is 0.462 e. The second-order valence-electron chi connectivity index (χ2n) is 18.3. The van der Waals surface area contributed by atoms with E-state index < -0.39 is 11.7 Å². The molecule has 0 aliphatic heterocycles. The maximum atomic E-state index is 12.7. The molecule has 0 radical (unpaired) electrons. The number of rotatable bonds is 21. The van der Waals surface area contributed by atoms with Gasteiger partial charge in [-0.2, -0.15) is 0 Å². The molecule has 3 saturated carbocycles. The van der Waals surface area contributed by atoms with Gasteiger partial charge in [0.2, 0.25) is 0 Å². The van der Waals surface area contributed by atoms with Gasteiger partial charge in [0.1, 0.15) is 11.7 Å². The summed E-state index contributed by atoms with van der Waals surface area (Å²) in [5.41, 5.74) is 1.83. The van der Waals surface area contributed by atoms with Crippen LogP contribution < -0.4 is 5.32 Å². The monoisotopic (exact) mass is 734 g/mol. The van der Waals surface area contributed by atoms with Gasteiger partial charge in [0, 0.05) is 13.0 Å². The molecule has 3 fully saturated rings. The van der Waals surface area contributed by atoms with Gasteiger partial charge in [-0.1, -0.05) is 65.5 Å². The SMILES string of the molecule is CC(C)CCC[C@@H](C)[C@H]1CCC2C3CC=C4CC(OC(=O)CCOCCOCCOCCOCCNC(=O)OC(C)(C)C)CC[C@]4(C)C3CC[C@@]21C. The number of nitrogens with one attached hydrogen (secondary N) is 1. The molecule has 0 aromatic carbocycles. The number of carbonyl (C=O) groups is 2. The molecule has 4 unspecified atom stereocenters. The van der Waals surface area contributed by atoms with Crippen LogP contribution >= 0.6 is 0 Å². The predicted molar refractivity (Wildman–Crippen MR) is 205 cm³/mol. The molecule has 0 spiro atoms. The van der Waals surface area contributed by atoms with Crippen LogP contribution in [0.15, 0.2) is 11.6 Å². The molecule has 4 rings (SSSR count). The highest BCUT2D eigenvalue weighted by molar-refractivity contribution is 5.69. The van der Waals surface area contributed by atoms with Crippen molar-refractivity contribution in [2.24, 2.45) is 46.3 Å². The summed E-state index contributed by atoms with van der Waals surface area (Å²) >= 11 is 0. The van der Waals surface area contributed by atoms with E-state index in [1.165, 1.54) is 51.4 Å². The fourth-order valence-electron chi connectivity index (χ4n) is 10.5. The van der Waals surface area contributed by atoms with Crippen molar-refractivity contribution in [3.8, 4) is 0 Å². The minimum absolute atomic E-state index is 0.0117. The molecule has 0 bridgehead atoms. The van der Waals surface area contributed by atoms with Crippen molar-refractivity contribution < 1.29 is 38.0 Å². The molecule has 9 nitrogen and oxygen atoms in total. The molecule has 4 aliphatic carbocycles. The minimum atomic E-state index is -0.513. The first-order chi connectivity index (χ1) is 24.7. The van der Waals surface area contributed by atoms with Gasteiger partial charge in [0.25, 0.3) is 0 Å². The molecule has 1 N–H and O–H groups in total. The Bertz CT molecular complexity index is 1130. The third-order valence-corrected chi connectivity index (χ3v) is 13.0. The first-order valence-electron chi connectivity index (χ1n) is 20.9. The van der Waals surface area contributed by atoms with Gasteiger partial charge in [-0.05, 0) is 112 Å². The number of esters is 1. The van der Waals surface area contributed by atoms with E-state index in [0.29, 0.717) is 64.8 Å². The lowest BCUT2D eigenvalue weighted by Crippen LogP contribution is -2.51. The second kappa shape index (κ2) is 20.3. The van der Waals surface area contributed by atoms with E-state index in [1.807, 2.05) is 20.8 Å². The molecular formula is C43H75NO8. The zero-order valence-electron chi connectivity index (χ0n) is 34.2. The molecule has 0 heterocycles. The van der Waals surface area contributed by atoms with Crippen molar-refractivity contribution >= 4 is 12.1 Å². The second-order valence-corrected chi connectivity index (χ2v) is 18.3. The van der Waals surface area contributed by atoms with Crippen LogP contribution in [0.3, 0.4) is 0 Å². The van der Waals surface area contributed by atoms with Crippen molar-refractivity contribution in [3.63, 3.8) is 0 Å². The normalized spacial score (nSPS) is 30.6. The summed E-state index contributed by atoms with van der Waals surface area (Å²) in [5.74, 6) is 4.85. The van der Waals surface area contributed by atoms with Crippen molar-refractivity contribution in [3.05, 3.63) is 11.6 Å². The van der Waals surface area contributed by atoms with Crippen LogP contribution in [0.25, 0.3) is 0 Å². The van der Waals surface area contributed by atoms with Crippen LogP contribution in [-0.2, 0) is 33.2 Å². The maximum absolute atomic E-state index is 12.7. The van der Waals surface area contributed by atoms with Gasteiger partial charge in [-0.3, -0.25) is 4.79 Å². The lowest BCUT2D eigenvalue weighted by atomic mass is 9.47. The summed E-state index contributed by atoms with van der Waals surface area (Å²) in [7, 11) is 0. The Labute approximate surface area is 316 Å². The summed E-state index contributed by atoms with van der Waals surface area (Å²) in [4.78, 5) is 24.3. The van der Waals surface area contributed by atoms with Crippen molar-refractivity contribution in [2.75, 3.05) is 59.4 Å². The highest BCUT2D eigenvalue weighted by Gasteiger charge is 2.59. The fraction of sp³-hybridized carbons (Fsp3) is 0.907. The average Bonchev–Trinajstić information content (AvgIpc) is 3.43. The molecule has 9 heteroatoms. The highest BCUT2D eigenvalue weighted by atomic mass is 16.6. The molecule has 0 aromatic heterocycles. The minimum Gasteiger partial charge on any atom is -0.462 e. The number of amides is 1. The zero-order valence-corrected chi connectivity index (χ0v) is 34.2. The van der Waals surface area contributed by atoms with E-state index in [1.54, 1.807) is 5.57 Å². The molecule has 1 amide bonds. The van der Waals surface area contributed by atoms with Crippen LogP contribution in [0.4, 0.5) is 4.79 Å². The van der Waals surface area contributed by atoms with Crippen LogP contribution in [0.1, 0.15) is 132 Å². The fourth-order valence-corrected chi connectivity index (χ4v) is 10.5. The van der Waals surface area contributed by atoms with E-state index in [0.717, 1.165) is 54.8 Å². The van der Waals surface area contributed by atoms with Crippen LogP contribution in [0.2, 0.25) is 0 Å². The van der Waals surface area contributed by atoms with E-state index >= 15 is 0 Å². The van der Waals surface area contributed by atoms with Gasteiger partial charge >= 0.3 is 12.1 Å². The quantitative estimate of drug-likeness (QED) is 0.0709. The number of fused-ring (bicyclic) bond motifs is 5. The van der Waals surface area contributed by atoms with E-state index in [9.17, 15) is 9.59 Å². The molecule has 0 saturated heterocycles. The number of alkyl carbamates (subject to hydrolysis) is 1. The third kappa shape index (κ3) is 12.4. The lowest BCUT2D eigenvalue weighted by molar-refractivity contribution is -0.152. The zero-order chi connectivity index (χ0) is 37.8. The summed E-state index contributed by atoms with van der Waals surface area (Å²) < 4.78 is 33.3. The topological polar surface area (TPSA) is 102 Å². The Balaban J connectivity index is 1.04. The number of ether oxygens (including phenoxy) is 6. The maximum Gasteiger partial charge on any atom is 0.407 e. The standard InChI is InChI=1S/C43H75NO8/c1-31(2)10-9-11-32(3)36-14-15-37-35-13-12-33-30-34(16-19-42(33,7)38(35)17-20-43(36,37)8)51-39(45)18-22-47-24-26-49-28-29-50-27-25-48-23-21-44-40(46)52-41(4,5)6/h12,31-32,34-38H,9-11,13-30H2,1-8H3,(H,44,46)/t32-,34?,35?,36-,37?,38?,42+,43-/m1/s1. The first-order valence-corrected chi connectivity index (χ1v) is 20.9. The molecule has 52 heavy (non-hydrogen) atoms. The molecule has 8 atom stereocenters. The Morgan fingerprint density at radius 2 is 1.48 bits per heavy atom. The predicted octanol–water partition coefficient (Wildman–Crippen LogP) is 8.92. The number of hydrogen-bond donors (Lipinski definition) is 1. The van der Waals surface area contributed by atoms with Crippen molar-refractivity contribution in [1.82, 2.24) is 5.32 Å². The lowest BCUT2D eigenvalue weighted by Gasteiger charge is -2.58. The van der Waals surface area contributed by atoms with Crippen molar-refractivity contribution in [2.45, 2.75) is 144 Å². The van der Waals surface area contributed by atoms with Gasteiger partial charge in [-0.25, -0.2) is 4.79 Å². The van der Waals surface area contributed by atoms with Gasteiger partial charge < -0.3 is 33.7 Å². The van der Waals surface area contributed by atoms with E-state index in [4.69, 9.17) is 28.4 Å². The third-order valence-electron chi connectivity index (χ3n) is 13.0. The van der Waals surface area contributed by atoms with Gasteiger partial charge in [0.15, 0.2) is 0 Å². The first kappa shape index (κ1) is 43.1. The van der Waals surface area contributed by atoms with Gasteiger partial charge in [-0.15, -0.1) is 0 Å². The highest BCUT2D eigenvalue weighted by Crippen LogP contribution is 2.67. The number of carbonyl (C=O) groups excluding carboxylic acids is 2. The molecular weight excluding hydrogens is 658 g/mol. The van der Waals surface area contributed by atoms with Crippen molar-refractivity contribution in [1.29, 1.82) is 0 Å². The summed E-state index contributed by atoms with van der Waals surface area (Å²) in [5, 5.41) is 2.65.